The molecule has 3 heterocycles. The van der Waals surface area contributed by atoms with Crippen LogP contribution in [0.2, 0.25) is 0 Å². The quantitative estimate of drug-likeness (QED) is 0.890. The molecule has 0 amide bonds. The molecule has 4 nitrogen and oxygen atoms in total. The molecule has 1 aromatic heterocycles. The number of nitrogens with zero attached hydrogens (tertiary/aromatic N) is 2. The van der Waals surface area contributed by atoms with E-state index in [1.807, 2.05) is 11.4 Å². The maximum Gasteiger partial charge on any atom is 0.345 e. The Morgan fingerprint density at radius 2 is 2.22 bits per heavy atom. The van der Waals surface area contributed by atoms with Crippen LogP contribution in [0.25, 0.3) is 0 Å². The number of carboxylic acids is 1. The van der Waals surface area contributed by atoms with E-state index in [0.717, 1.165) is 25.3 Å². The molecule has 1 unspecified atom stereocenters. The van der Waals surface area contributed by atoms with E-state index in [1.165, 1.54) is 37.1 Å². The second kappa shape index (κ2) is 4.90. The van der Waals surface area contributed by atoms with Crippen LogP contribution in [0.4, 0.5) is 5.69 Å². The van der Waals surface area contributed by atoms with Gasteiger partial charge in [-0.3, -0.25) is 4.90 Å². The van der Waals surface area contributed by atoms with Gasteiger partial charge in [-0.05, 0) is 25.5 Å². The number of aromatic carboxylic acids is 1. The normalized spacial score (nSPS) is 24.9. The van der Waals surface area contributed by atoms with Gasteiger partial charge in [0, 0.05) is 36.7 Å². The van der Waals surface area contributed by atoms with Crippen LogP contribution in [0, 0.1) is 0 Å². The van der Waals surface area contributed by atoms with Gasteiger partial charge < -0.3 is 10.0 Å². The summed E-state index contributed by atoms with van der Waals surface area (Å²) in [5, 5.41) is 10.9. The number of hydrogen-bond donors (Lipinski definition) is 1. The smallest absolute Gasteiger partial charge is 0.345 e. The van der Waals surface area contributed by atoms with Gasteiger partial charge in [-0.2, -0.15) is 0 Å². The molecule has 1 aromatic rings. The Hall–Kier alpha value is -1.07. The Balaban J connectivity index is 1.71. The highest BCUT2D eigenvalue weighted by molar-refractivity contribution is 7.12. The number of hydrogen-bond acceptors (Lipinski definition) is 4. The summed E-state index contributed by atoms with van der Waals surface area (Å²) in [5.41, 5.74) is 1.09. The molecule has 2 aliphatic heterocycles. The molecule has 5 heteroatoms. The molecule has 98 valence electrons. The van der Waals surface area contributed by atoms with Gasteiger partial charge >= 0.3 is 5.97 Å². The third-order valence-electron chi connectivity index (χ3n) is 4.00. The monoisotopic (exact) mass is 266 g/mol. The first kappa shape index (κ1) is 12.0. The molecule has 2 fully saturated rings. The van der Waals surface area contributed by atoms with Crippen molar-refractivity contribution in [3.63, 3.8) is 0 Å². The van der Waals surface area contributed by atoms with Crippen molar-refractivity contribution in [1.82, 2.24) is 4.90 Å². The highest BCUT2D eigenvalue weighted by Crippen LogP contribution is 2.28. The van der Waals surface area contributed by atoms with E-state index < -0.39 is 5.97 Å². The number of carbonyl (C=O) groups is 1. The van der Waals surface area contributed by atoms with Crippen LogP contribution < -0.4 is 4.90 Å². The average molecular weight is 266 g/mol. The molecule has 2 saturated heterocycles. The average Bonchev–Trinajstić information content (AvgIpc) is 2.88. The van der Waals surface area contributed by atoms with Gasteiger partial charge in [0.15, 0.2) is 0 Å². The Bertz CT molecular complexity index is 446. The minimum Gasteiger partial charge on any atom is -0.477 e. The summed E-state index contributed by atoms with van der Waals surface area (Å²) in [7, 11) is 0. The molecule has 0 saturated carbocycles. The topological polar surface area (TPSA) is 43.8 Å². The van der Waals surface area contributed by atoms with Crippen LogP contribution in [0.5, 0.6) is 0 Å². The van der Waals surface area contributed by atoms with E-state index in [0.29, 0.717) is 10.9 Å². The summed E-state index contributed by atoms with van der Waals surface area (Å²) < 4.78 is 0. The van der Waals surface area contributed by atoms with E-state index in [2.05, 4.69) is 9.80 Å². The van der Waals surface area contributed by atoms with Gasteiger partial charge in [0.1, 0.15) is 4.88 Å². The lowest BCUT2D eigenvalue weighted by Gasteiger charge is -2.44. The summed E-state index contributed by atoms with van der Waals surface area (Å²) in [6.07, 6.45) is 3.95. The molecule has 0 bridgehead atoms. The number of anilines is 1. The second-order valence-corrected chi connectivity index (χ2v) is 6.02. The Kier molecular flexibility index (Phi) is 3.26. The number of rotatable bonds is 2. The summed E-state index contributed by atoms with van der Waals surface area (Å²) in [6.45, 7) is 4.42. The summed E-state index contributed by atoms with van der Waals surface area (Å²) >= 11 is 1.33. The molecule has 0 spiro atoms. The highest BCUT2D eigenvalue weighted by Gasteiger charge is 2.29. The van der Waals surface area contributed by atoms with Crippen LogP contribution in [0.15, 0.2) is 11.4 Å². The molecule has 1 N–H and O–H groups in total. The van der Waals surface area contributed by atoms with Crippen LogP contribution in [0.3, 0.4) is 0 Å². The zero-order valence-electron chi connectivity index (χ0n) is 10.3. The first-order valence-corrected chi connectivity index (χ1v) is 7.43. The molecule has 0 aliphatic carbocycles. The Labute approximate surface area is 111 Å². The molecule has 18 heavy (non-hydrogen) atoms. The van der Waals surface area contributed by atoms with Crippen molar-refractivity contribution in [2.45, 2.75) is 25.3 Å². The maximum absolute atomic E-state index is 10.9. The molecule has 0 aromatic carbocycles. The molecular weight excluding hydrogens is 248 g/mol. The van der Waals surface area contributed by atoms with Gasteiger partial charge in [-0.15, -0.1) is 11.3 Å². The van der Waals surface area contributed by atoms with E-state index in [-0.39, 0.29) is 0 Å². The van der Waals surface area contributed by atoms with Gasteiger partial charge in [0.2, 0.25) is 0 Å². The predicted molar refractivity (Wildman–Crippen MR) is 72.7 cm³/mol. The van der Waals surface area contributed by atoms with Crippen LogP contribution in [-0.4, -0.2) is 48.2 Å². The third-order valence-corrected chi connectivity index (χ3v) is 4.90. The van der Waals surface area contributed by atoms with E-state index in [4.69, 9.17) is 5.11 Å². The van der Waals surface area contributed by atoms with E-state index in [1.54, 1.807) is 0 Å². The van der Waals surface area contributed by atoms with Crippen LogP contribution in [0.1, 0.15) is 28.9 Å². The lowest BCUT2D eigenvalue weighted by molar-refractivity contribution is 0.0702. The van der Waals surface area contributed by atoms with Gasteiger partial charge in [0.05, 0.1) is 0 Å². The number of fused-ring (bicyclic) bond motifs is 1. The van der Waals surface area contributed by atoms with Gasteiger partial charge in [0.25, 0.3) is 0 Å². The number of piperidine rings is 1. The second-order valence-electron chi connectivity index (χ2n) is 5.11. The predicted octanol–water partition coefficient (Wildman–Crippen LogP) is 2.12. The Morgan fingerprint density at radius 3 is 3.00 bits per heavy atom. The minimum absolute atomic E-state index is 0.441. The zero-order chi connectivity index (χ0) is 12.5. The van der Waals surface area contributed by atoms with Gasteiger partial charge in [-0.1, -0.05) is 6.42 Å². The fourth-order valence-corrected chi connectivity index (χ4v) is 3.75. The van der Waals surface area contributed by atoms with Crippen molar-refractivity contribution in [2.24, 2.45) is 0 Å². The van der Waals surface area contributed by atoms with Crippen molar-refractivity contribution in [3.05, 3.63) is 16.3 Å². The molecule has 0 radical (unpaired) electrons. The van der Waals surface area contributed by atoms with E-state index in [9.17, 15) is 4.79 Å². The molecule has 1 atom stereocenters. The van der Waals surface area contributed by atoms with Crippen LogP contribution >= 0.6 is 11.3 Å². The third kappa shape index (κ3) is 2.24. The van der Waals surface area contributed by atoms with Crippen molar-refractivity contribution < 1.29 is 9.90 Å². The van der Waals surface area contributed by atoms with Gasteiger partial charge in [-0.25, -0.2) is 4.79 Å². The number of thiophene rings is 1. The minimum atomic E-state index is -0.817. The van der Waals surface area contributed by atoms with Crippen molar-refractivity contribution in [2.75, 3.05) is 31.1 Å². The largest absolute Gasteiger partial charge is 0.477 e. The van der Waals surface area contributed by atoms with Crippen molar-refractivity contribution >= 4 is 23.0 Å². The first-order valence-electron chi connectivity index (χ1n) is 6.55. The maximum atomic E-state index is 10.9. The van der Waals surface area contributed by atoms with Crippen molar-refractivity contribution in [3.8, 4) is 0 Å². The zero-order valence-corrected chi connectivity index (χ0v) is 11.2. The fraction of sp³-hybridized carbons (Fsp3) is 0.615. The standard InChI is InChI=1S/C13H18N2O2S/c16-13(17)12-7-11(9-18-12)15-6-5-14-4-2-1-3-10(14)8-15/h7,9-10H,1-6,8H2,(H,16,17). The summed E-state index contributed by atoms with van der Waals surface area (Å²) in [4.78, 5) is 16.3. The molecule has 3 rings (SSSR count). The lowest BCUT2D eigenvalue weighted by Crippen LogP contribution is -2.54. The first-order chi connectivity index (χ1) is 8.74. The summed E-state index contributed by atoms with van der Waals surface area (Å²) in [5.74, 6) is -0.817. The SMILES string of the molecule is O=C(O)c1cc(N2CCN3CCCCC3C2)cs1. The summed E-state index contributed by atoms with van der Waals surface area (Å²) in [6, 6.07) is 2.48. The fourth-order valence-electron chi connectivity index (χ4n) is 2.99. The van der Waals surface area contributed by atoms with E-state index >= 15 is 0 Å². The van der Waals surface area contributed by atoms with Crippen LogP contribution in [-0.2, 0) is 0 Å². The molecular formula is C13H18N2O2S. The highest BCUT2D eigenvalue weighted by atomic mass is 32.1. The lowest BCUT2D eigenvalue weighted by atomic mass is 9.99. The number of carboxylic acid groups (broad SMARTS) is 1. The van der Waals surface area contributed by atoms with Crippen molar-refractivity contribution in [1.29, 1.82) is 0 Å². The number of piperazine rings is 1. The molecule has 2 aliphatic rings. The Morgan fingerprint density at radius 1 is 1.33 bits per heavy atom.